The van der Waals surface area contributed by atoms with E-state index >= 15 is 0 Å². The number of carbonyl (C=O) groups excluding carboxylic acids is 1. The summed E-state index contributed by atoms with van der Waals surface area (Å²) >= 11 is 6.43. The topological polar surface area (TPSA) is 64.0 Å². The number of halogens is 1. The first-order chi connectivity index (χ1) is 16.0. The summed E-state index contributed by atoms with van der Waals surface area (Å²) in [5, 5.41) is 4.28. The summed E-state index contributed by atoms with van der Waals surface area (Å²) < 4.78 is 2.57. The SMILES string of the molecule is Cc1ccc(NC(=O)CSc2nc3sc4c(c3c(=O)n2Cc2ccccc2)CCC4)c(Br)c1. The monoisotopic (exact) mass is 539 g/mol. The van der Waals surface area contributed by atoms with Gasteiger partial charge >= 0.3 is 0 Å². The van der Waals surface area contributed by atoms with Crippen molar-refractivity contribution < 1.29 is 4.79 Å². The third-order valence-electron chi connectivity index (χ3n) is 5.70. The van der Waals surface area contributed by atoms with Gasteiger partial charge in [0.05, 0.1) is 23.4 Å². The van der Waals surface area contributed by atoms with E-state index < -0.39 is 0 Å². The highest BCUT2D eigenvalue weighted by Crippen LogP contribution is 2.35. The van der Waals surface area contributed by atoms with Gasteiger partial charge in [0.25, 0.3) is 5.56 Å². The van der Waals surface area contributed by atoms with Crippen LogP contribution in [0.25, 0.3) is 10.2 Å². The molecule has 0 unspecified atom stereocenters. The van der Waals surface area contributed by atoms with Crippen LogP contribution in [0, 0.1) is 6.92 Å². The van der Waals surface area contributed by atoms with Crippen LogP contribution in [-0.2, 0) is 24.2 Å². The van der Waals surface area contributed by atoms with Crippen molar-refractivity contribution in [2.24, 2.45) is 0 Å². The lowest BCUT2D eigenvalue weighted by molar-refractivity contribution is -0.113. The molecule has 8 heteroatoms. The molecule has 5 rings (SSSR count). The Labute approximate surface area is 208 Å². The number of nitrogens with one attached hydrogen (secondary N) is 1. The van der Waals surface area contributed by atoms with Crippen molar-refractivity contribution in [2.75, 3.05) is 11.1 Å². The van der Waals surface area contributed by atoms with E-state index in [4.69, 9.17) is 4.98 Å². The maximum absolute atomic E-state index is 13.6. The second-order valence-corrected chi connectivity index (χ2v) is 11.0. The molecule has 33 heavy (non-hydrogen) atoms. The first kappa shape index (κ1) is 22.4. The van der Waals surface area contributed by atoms with Crippen LogP contribution in [0.15, 0.2) is 63.0 Å². The van der Waals surface area contributed by atoms with Gasteiger partial charge < -0.3 is 5.32 Å². The molecule has 1 aliphatic rings. The molecule has 0 spiro atoms. The molecule has 2 heterocycles. The Morgan fingerprint density at radius 1 is 1.21 bits per heavy atom. The van der Waals surface area contributed by atoms with E-state index in [1.54, 1.807) is 15.9 Å². The summed E-state index contributed by atoms with van der Waals surface area (Å²) in [6.07, 6.45) is 3.06. The number of nitrogens with zero attached hydrogens (tertiary/aromatic N) is 2. The van der Waals surface area contributed by atoms with Gasteiger partial charge in [-0.2, -0.15) is 0 Å². The number of amides is 1. The Kier molecular flexibility index (Phi) is 6.40. The molecule has 0 saturated heterocycles. The zero-order chi connectivity index (χ0) is 22.9. The molecule has 0 saturated carbocycles. The predicted molar refractivity (Wildman–Crippen MR) is 140 cm³/mol. The second kappa shape index (κ2) is 9.44. The van der Waals surface area contributed by atoms with Gasteiger partial charge in [-0.1, -0.05) is 48.2 Å². The Morgan fingerprint density at radius 2 is 2.03 bits per heavy atom. The van der Waals surface area contributed by atoms with E-state index in [9.17, 15) is 9.59 Å². The quantitative estimate of drug-likeness (QED) is 0.248. The molecule has 2 aromatic heterocycles. The van der Waals surface area contributed by atoms with Crippen LogP contribution in [0.3, 0.4) is 0 Å². The minimum absolute atomic E-state index is 0.00700. The summed E-state index contributed by atoms with van der Waals surface area (Å²) in [5.41, 5.74) is 4.04. The maximum Gasteiger partial charge on any atom is 0.263 e. The van der Waals surface area contributed by atoms with Gasteiger partial charge in [-0.3, -0.25) is 14.2 Å². The number of anilines is 1. The zero-order valence-electron chi connectivity index (χ0n) is 18.1. The lowest BCUT2D eigenvalue weighted by Gasteiger charge is -2.13. The third-order valence-corrected chi connectivity index (χ3v) is 8.52. The fourth-order valence-electron chi connectivity index (χ4n) is 4.11. The van der Waals surface area contributed by atoms with E-state index in [1.165, 1.54) is 22.2 Å². The van der Waals surface area contributed by atoms with Gasteiger partial charge in [0.2, 0.25) is 5.91 Å². The van der Waals surface area contributed by atoms with Crippen LogP contribution < -0.4 is 10.9 Å². The van der Waals surface area contributed by atoms with E-state index in [1.807, 2.05) is 55.5 Å². The number of hydrogen-bond acceptors (Lipinski definition) is 5. The number of benzene rings is 2. The van der Waals surface area contributed by atoms with Crippen molar-refractivity contribution in [3.63, 3.8) is 0 Å². The van der Waals surface area contributed by atoms with E-state index in [-0.39, 0.29) is 17.2 Å². The number of rotatable bonds is 6. The Bertz CT molecular complexity index is 1410. The molecule has 0 aliphatic heterocycles. The number of aromatic nitrogens is 2. The Hall–Kier alpha value is -2.42. The molecule has 2 aromatic carbocycles. The smallest absolute Gasteiger partial charge is 0.263 e. The fourth-order valence-corrected chi connectivity index (χ4v) is 6.81. The summed E-state index contributed by atoms with van der Waals surface area (Å²) in [4.78, 5) is 33.2. The third kappa shape index (κ3) is 4.65. The normalized spacial score (nSPS) is 12.8. The number of thioether (sulfide) groups is 1. The minimum Gasteiger partial charge on any atom is -0.324 e. The van der Waals surface area contributed by atoms with Crippen LogP contribution in [0.5, 0.6) is 0 Å². The molecule has 0 bridgehead atoms. The molecule has 1 aliphatic carbocycles. The number of thiophene rings is 1. The number of fused-ring (bicyclic) bond motifs is 3. The lowest BCUT2D eigenvalue weighted by Crippen LogP contribution is -2.25. The van der Waals surface area contributed by atoms with E-state index in [0.29, 0.717) is 11.7 Å². The van der Waals surface area contributed by atoms with Crippen LogP contribution >= 0.6 is 39.0 Å². The van der Waals surface area contributed by atoms with Crippen molar-refractivity contribution in [3.05, 3.63) is 84.9 Å². The molecule has 4 aromatic rings. The van der Waals surface area contributed by atoms with Crippen LogP contribution in [0.2, 0.25) is 0 Å². The van der Waals surface area contributed by atoms with Crippen molar-refractivity contribution in [2.45, 2.75) is 37.9 Å². The van der Waals surface area contributed by atoms with Crippen molar-refractivity contribution in [1.29, 1.82) is 0 Å². The van der Waals surface area contributed by atoms with Crippen LogP contribution in [0.1, 0.15) is 28.0 Å². The maximum atomic E-state index is 13.6. The zero-order valence-corrected chi connectivity index (χ0v) is 21.3. The largest absolute Gasteiger partial charge is 0.324 e. The first-order valence-corrected chi connectivity index (χ1v) is 13.4. The predicted octanol–water partition coefficient (Wildman–Crippen LogP) is 5.80. The highest BCUT2D eigenvalue weighted by atomic mass is 79.9. The highest BCUT2D eigenvalue weighted by Gasteiger charge is 2.23. The lowest BCUT2D eigenvalue weighted by atomic mass is 10.2. The van der Waals surface area contributed by atoms with Crippen molar-refractivity contribution in [3.8, 4) is 0 Å². The average molecular weight is 541 g/mol. The van der Waals surface area contributed by atoms with Gasteiger partial charge in [0.1, 0.15) is 4.83 Å². The van der Waals surface area contributed by atoms with E-state index in [0.717, 1.165) is 50.8 Å². The number of carbonyl (C=O) groups is 1. The molecule has 1 N–H and O–H groups in total. The molecule has 5 nitrogen and oxygen atoms in total. The standard InChI is InChI=1S/C25H22BrN3O2S2/c1-15-10-11-19(18(26)12-15)27-21(30)14-32-25-28-23-22(17-8-5-9-20(17)33-23)24(31)29(25)13-16-6-3-2-4-7-16/h2-4,6-7,10-12H,5,8-9,13-14H2,1H3,(H,27,30). The van der Waals surface area contributed by atoms with Gasteiger partial charge in [0.15, 0.2) is 5.16 Å². The summed E-state index contributed by atoms with van der Waals surface area (Å²) in [7, 11) is 0. The fraction of sp³-hybridized carbons (Fsp3) is 0.240. The Balaban J connectivity index is 1.45. The van der Waals surface area contributed by atoms with Crippen LogP contribution in [0.4, 0.5) is 5.69 Å². The van der Waals surface area contributed by atoms with Crippen molar-refractivity contribution >= 4 is 60.8 Å². The molecular weight excluding hydrogens is 518 g/mol. The molecule has 168 valence electrons. The number of aryl methyl sites for hydroxylation is 3. The van der Waals surface area contributed by atoms with Gasteiger partial charge in [0, 0.05) is 9.35 Å². The average Bonchev–Trinajstić information content (AvgIpc) is 3.38. The molecule has 0 atom stereocenters. The highest BCUT2D eigenvalue weighted by molar-refractivity contribution is 9.10. The first-order valence-electron chi connectivity index (χ1n) is 10.8. The van der Waals surface area contributed by atoms with Gasteiger partial charge in [-0.15, -0.1) is 11.3 Å². The van der Waals surface area contributed by atoms with Crippen molar-refractivity contribution in [1.82, 2.24) is 9.55 Å². The summed E-state index contributed by atoms with van der Waals surface area (Å²) in [6.45, 7) is 2.43. The molecular formula is C25H22BrN3O2S2. The molecule has 1 amide bonds. The molecule has 0 radical (unpaired) electrons. The number of hydrogen-bond donors (Lipinski definition) is 1. The minimum atomic E-state index is -0.140. The Morgan fingerprint density at radius 3 is 2.82 bits per heavy atom. The second-order valence-electron chi connectivity index (χ2n) is 8.13. The van der Waals surface area contributed by atoms with E-state index in [2.05, 4.69) is 21.2 Å². The van der Waals surface area contributed by atoms with Gasteiger partial charge in [-0.25, -0.2) is 4.98 Å². The van der Waals surface area contributed by atoms with Crippen LogP contribution in [-0.4, -0.2) is 21.2 Å². The van der Waals surface area contributed by atoms with Gasteiger partial charge in [-0.05, 0) is 70.9 Å². The summed E-state index contributed by atoms with van der Waals surface area (Å²) in [5.74, 6) is 0.0249. The summed E-state index contributed by atoms with van der Waals surface area (Å²) in [6, 6.07) is 15.7. The molecule has 0 fully saturated rings.